The molecule has 0 atom stereocenters. The molecule has 0 aliphatic carbocycles. The normalized spacial score (nSPS) is 10.3. The Balaban J connectivity index is 1.61. The summed E-state index contributed by atoms with van der Waals surface area (Å²) in [7, 11) is 0. The molecule has 0 bridgehead atoms. The van der Waals surface area contributed by atoms with Crippen molar-refractivity contribution < 1.29 is 9.59 Å². The number of rotatable bonds is 7. The van der Waals surface area contributed by atoms with Crippen LogP contribution in [0.15, 0.2) is 78.9 Å². The molecule has 27 heavy (non-hydrogen) atoms. The first-order chi connectivity index (χ1) is 13.1. The van der Waals surface area contributed by atoms with Crippen molar-refractivity contribution in [2.45, 2.75) is 19.8 Å². The molecule has 0 aliphatic rings. The Morgan fingerprint density at radius 3 is 2.07 bits per heavy atom. The van der Waals surface area contributed by atoms with Crippen LogP contribution >= 0.6 is 0 Å². The maximum absolute atomic E-state index is 12.3. The van der Waals surface area contributed by atoms with E-state index in [2.05, 4.69) is 10.6 Å². The third kappa shape index (κ3) is 5.28. The zero-order chi connectivity index (χ0) is 19.1. The van der Waals surface area contributed by atoms with Crippen LogP contribution in [-0.4, -0.2) is 11.7 Å². The van der Waals surface area contributed by atoms with E-state index in [9.17, 15) is 9.59 Å². The molecule has 0 saturated heterocycles. The van der Waals surface area contributed by atoms with E-state index in [4.69, 9.17) is 0 Å². The Bertz CT molecular complexity index is 919. The number of Topliss-reactive ketones (excluding diaryl/α,β-unsaturated/α-hetero) is 1. The van der Waals surface area contributed by atoms with Crippen molar-refractivity contribution in [3.8, 4) is 0 Å². The Morgan fingerprint density at radius 2 is 1.37 bits per heavy atom. The van der Waals surface area contributed by atoms with Crippen molar-refractivity contribution in [2.24, 2.45) is 0 Å². The summed E-state index contributed by atoms with van der Waals surface area (Å²) >= 11 is 0. The summed E-state index contributed by atoms with van der Waals surface area (Å²) in [6.45, 7) is 2.04. The molecule has 3 aromatic rings. The highest BCUT2D eigenvalue weighted by Crippen LogP contribution is 2.25. The van der Waals surface area contributed by atoms with Crippen LogP contribution in [0.25, 0.3) is 0 Å². The molecule has 4 heteroatoms. The molecule has 0 aromatic heterocycles. The van der Waals surface area contributed by atoms with Crippen LogP contribution in [0.2, 0.25) is 0 Å². The van der Waals surface area contributed by atoms with Gasteiger partial charge in [-0.25, -0.2) is 0 Å². The van der Waals surface area contributed by atoms with Gasteiger partial charge in [0.05, 0.1) is 11.4 Å². The van der Waals surface area contributed by atoms with Crippen LogP contribution in [0.1, 0.15) is 28.8 Å². The molecule has 136 valence electrons. The van der Waals surface area contributed by atoms with Crippen LogP contribution in [0.5, 0.6) is 0 Å². The van der Waals surface area contributed by atoms with E-state index in [1.807, 2.05) is 73.7 Å². The second-order valence-corrected chi connectivity index (χ2v) is 6.37. The molecular weight excluding hydrogens is 336 g/mol. The maximum Gasteiger partial charge on any atom is 0.224 e. The van der Waals surface area contributed by atoms with Crippen LogP contribution in [0, 0.1) is 6.92 Å². The van der Waals surface area contributed by atoms with Crippen molar-refractivity contribution in [1.82, 2.24) is 0 Å². The predicted molar refractivity (Wildman–Crippen MR) is 110 cm³/mol. The molecule has 1 amide bonds. The average molecular weight is 358 g/mol. The van der Waals surface area contributed by atoms with Crippen molar-refractivity contribution in [3.05, 3.63) is 90.0 Å². The predicted octanol–water partition coefficient (Wildman–Crippen LogP) is 5.34. The van der Waals surface area contributed by atoms with Crippen LogP contribution in [-0.2, 0) is 4.79 Å². The van der Waals surface area contributed by atoms with E-state index in [1.54, 1.807) is 12.1 Å². The van der Waals surface area contributed by atoms with E-state index in [0.717, 1.165) is 11.4 Å². The minimum Gasteiger partial charge on any atom is -0.354 e. The number of hydrogen-bond donors (Lipinski definition) is 2. The summed E-state index contributed by atoms with van der Waals surface area (Å²) in [5.74, 6) is -0.214. The van der Waals surface area contributed by atoms with E-state index < -0.39 is 0 Å². The highest BCUT2D eigenvalue weighted by Gasteiger charge is 2.11. The van der Waals surface area contributed by atoms with E-state index in [1.165, 1.54) is 5.56 Å². The summed E-state index contributed by atoms with van der Waals surface area (Å²) in [6.07, 6.45) is 0.329. The molecular formula is C23H22N2O2. The van der Waals surface area contributed by atoms with Crippen molar-refractivity contribution in [2.75, 3.05) is 10.6 Å². The van der Waals surface area contributed by atoms with Gasteiger partial charge >= 0.3 is 0 Å². The topological polar surface area (TPSA) is 58.2 Å². The Morgan fingerprint density at radius 1 is 0.741 bits per heavy atom. The number of nitrogens with one attached hydrogen (secondary N) is 2. The summed E-state index contributed by atoms with van der Waals surface area (Å²) in [5, 5.41) is 6.21. The lowest BCUT2D eigenvalue weighted by molar-refractivity contribution is -0.116. The number of anilines is 3. The number of aryl methyl sites for hydroxylation is 1. The first-order valence-electron chi connectivity index (χ1n) is 8.92. The van der Waals surface area contributed by atoms with Gasteiger partial charge in [0.25, 0.3) is 0 Å². The third-order valence-electron chi connectivity index (χ3n) is 4.21. The van der Waals surface area contributed by atoms with Gasteiger partial charge in [-0.3, -0.25) is 9.59 Å². The zero-order valence-electron chi connectivity index (χ0n) is 15.2. The van der Waals surface area contributed by atoms with Gasteiger partial charge in [0.2, 0.25) is 5.91 Å². The number of para-hydroxylation sites is 2. The summed E-state index contributed by atoms with van der Waals surface area (Å²) in [5.41, 5.74) is 4.26. The van der Waals surface area contributed by atoms with E-state index >= 15 is 0 Å². The molecule has 4 nitrogen and oxygen atoms in total. The zero-order valence-corrected chi connectivity index (χ0v) is 15.2. The molecule has 0 saturated carbocycles. The number of benzene rings is 3. The molecule has 0 heterocycles. The van der Waals surface area contributed by atoms with Gasteiger partial charge in [0.1, 0.15) is 0 Å². The first-order valence-corrected chi connectivity index (χ1v) is 8.92. The summed E-state index contributed by atoms with van der Waals surface area (Å²) in [6, 6.07) is 24.6. The lowest BCUT2D eigenvalue weighted by Crippen LogP contribution is -2.14. The number of carbonyl (C=O) groups is 2. The van der Waals surface area contributed by atoms with Gasteiger partial charge < -0.3 is 10.6 Å². The molecule has 3 rings (SSSR count). The first kappa shape index (κ1) is 18.4. The molecule has 0 aliphatic heterocycles. The Kier molecular flexibility index (Phi) is 6.00. The molecule has 0 radical (unpaired) electrons. The SMILES string of the molecule is Cc1ccc(Nc2ccccc2NC(=O)CCC(=O)c2ccccc2)cc1. The Labute approximate surface area is 159 Å². The second-order valence-electron chi connectivity index (χ2n) is 6.37. The van der Waals surface area contributed by atoms with Crippen LogP contribution < -0.4 is 10.6 Å². The highest BCUT2D eigenvalue weighted by atomic mass is 16.2. The molecule has 3 aromatic carbocycles. The summed E-state index contributed by atoms with van der Waals surface area (Å²) < 4.78 is 0. The minimum absolute atomic E-state index is 0.0307. The molecule has 2 N–H and O–H groups in total. The number of carbonyl (C=O) groups excluding carboxylic acids is 2. The van der Waals surface area contributed by atoms with Crippen LogP contribution in [0.3, 0.4) is 0 Å². The monoisotopic (exact) mass is 358 g/mol. The van der Waals surface area contributed by atoms with Crippen molar-refractivity contribution >= 4 is 28.8 Å². The third-order valence-corrected chi connectivity index (χ3v) is 4.21. The fourth-order valence-electron chi connectivity index (χ4n) is 2.70. The lowest BCUT2D eigenvalue weighted by Gasteiger charge is -2.13. The average Bonchev–Trinajstić information content (AvgIpc) is 2.70. The molecule has 0 fully saturated rings. The quantitative estimate of drug-likeness (QED) is 0.561. The van der Waals surface area contributed by atoms with E-state index in [0.29, 0.717) is 11.3 Å². The van der Waals surface area contributed by atoms with E-state index in [-0.39, 0.29) is 24.5 Å². The lowest BCUT2D eigenvalue weighted by atomic mass is 10.1. The van der Waals surface area contributed by atoms with Gasteiger partial charge in [-0.05, 0) is 31.2 Å². The second kappa shape index (κ2) is 8.81. The highest BCUT2D eigenvalue weighted by molar-refractivity contribution is 6.01. The van der Waals surface area contributed by atoms with Crippen molar-refractivity contribution in [1.29, 1.82) is 0 Å². The summed E-state index contributed by atoms with van der Waals surface area (Å²) in [4.78, 5) is 24.5. The van der Waals surface area contributed by atoms with Gasteiger partial charge in [-0.1, -0.05) is 60.2 Å². The minimum atomic E-state index is -0.183. The smallest absolute Gasteiger partial charge is 0.224 e. The largest absolute Gasteiger partial charge is 0.354 e. The fourth-order valence-corrected chi connectivity index (χ4v) is 2.70. The number of amides is 1. The molecule has 0 unspecified atom stereocenters. The maximum atomic E-state index is 12.3. The standard InChI is InChI=1S/C23H22N2O2/c1-17-11-13-19(14-12-17)24-20-9-5-6-10-21(20)25-23(27)16-15-22(26)18-7-3-2-4-8-18/h2-14,24H,15-16H2,1H3,(H,25,27). The van der Waals surface area contributed by atoms with Gasteiger partial charge in [-0.15, -0.1) is 0 Å². The van der Waals surface area contributed by atoms with Gasteiger partial charge in [0, 0.05) is 24.1 Å². The van der Waals surface area contributed by atoms with Crippen molar-refractivity contribution in [3.63, 3.8) is 0 Å². The Hall–Kier alpha value is -3.40. The van der Waals surface area contributed by atoms with Gasteiger partial charge in [-0.2, -0.15) is 0 Å². The van der Waals surface area contributed by atoms with Crippen LogP contribution in [0.4, 0.5) is 17.1 Å². The number of ketones is 1. The number of hydrogen-bond acceptors (Lipinski definition) is 3. The fraction of sp³-hybridized carbons (Fsp3) is 0.130. The molecule has 0 spiro atoms. The van der Waals surface area contributed by atoms with Gasteiger partial charge in [0.15, 0.2) is 5.78 Å².